The summed E-state index contributed by atoms with van der Waals surface area (Å²) < 4.78 is 1.71. The molecule has 1 amide bonds. The zero-order chi connectivity index (χ0) is 17.9. The van der Waals surface area contributed by atoms with Gasteiger partial charge in [0.2, 0.25) is 5.82 Å². The van der Waals surface area contributed by atoms with Crippen molar-refractivity contribution in [3.63, 3.8) is 0 Å². The van der Waals surface area contributed by atoms with Crippen LogP contribution in [0.1, 0.15) is 23.5 Å². The van der Waals surface area contributed by atoms with Crippen LogP contribution < -0.4 is 0 Å². The quantitative estimate of drug-likeness (QED) is 0.789. The Labute approximate surface area is 151 Å². The molecule has 1 N–H and O–H groups in total. The molecule has 6 heteroatoms. The van der Waals surface area contributed by atoms with Crippen LogP contribution in [0.4, 0.5) is 0 Å². The molecule has 0 bridgehead atoms. The van der Waals surface area contributed by atoms with Crippen LogP contribution in [-0.2, 0) is 0 Å². The average molecular weight is 348 g/mol. The summed E-state index contributed by atoms with van der Waals surface area (Å²) in [7, 11) is 0. The lowest BCUT2D eigenvalue weighted by molar-refractivity contribution is 0.0536. The van der Waals surface area contributed by atoms with Gasteiger partial charge in [0.1, 0.15) is 0 Å². The third-order valence-electron chi connectivity index (χ3n) is 4.58. The van der Waals surface area contributed by atoms with E-state index in [0.717, 1.165) is 11.3 Å². The topological polar surface area (TPSA) is 71.2 Å². The lowest BCUT2D eigenvalue weighted by Crippen LogP contribution is -2.40. The minimum Gasteiger partial charge on any atom is -0.393 e. The molecule has 0 atom stereocenters. The van der Waals surface area contributed by atoms with Crippen molar-refractivity contribution in [1.29, 1.82) is 0 Å². The molecule has 0 radical (unpaired) electrons. The number of aliphatic hydroxyl groups excluding tert-OH is 1. The number of carbonyl (C=O) groups is 1. The molecule has 3 aromatic rings. The molecule has 0 aliphatic carbocycles. The van der Waals surface area contributed by atoms with Crippen molar-refractivity contribution < 1.29 is 9.90 Å². The zero-order valence-electron chi connectivity index (χ0n) is 14.3. The number of rotatable bonds is 3. The summed E-state index contributed by atoms with van der Waals surface area (Å²) in [5.41, 5.74) is 1.75. The molecule has 1 aromatic heterocycles. The first-order valence-electron chi connectivity index (χ1n) is 8.77. The van der Waals surface area contributed by atoms with Gasteiger partial charge in [0.25, 0.3) is 5.91 Å². The molecule has 1 aliphatic heterocycles. The Morgan fingerprint density at radius 3 is 2.23 bits per heavy atom. The second kappa shape index (κ2) is 7.09. The van der Waals surface area contributed by atoms with Gasteiger partial charge in [0.15, 0.2) is 5.82 Å². The normalized spacial score (nSPS) is 15.2. The van der Waals surface area contributed by atoms with Crippen molar-refractivity contribution in [2.75, 3.05) is 13.1 Å². The first-order chi connectivity index (χ1) is 12.7. The Balaban J connectivity index is 1.73. The van der Waals surface area contributed by atoms with Gasteiger partial charge in [-0.15, -0.1) is 5.10 Å². The highest BCUT2D eigenvalue weighted by molar-refractivity contribution is 5.91. The average Bonchev–Trinajstić information content (AvgIpc) is 3.15. The minimum atomic E-state index is -0.325. The summed E-state index contributed by atoms with van der Waals surface area (Å²) in [5, 5.41) is 14.2. The van der Waals surface area contributed by atoms with Crippen molar-refractivity contribution in [2.45, 2.75) is 18.9 Å². The third kappa shape index (κ3) is 3.23. The number of amides is 1. The van der Waals surface area contributed by atoms with E-state index >= 15 is 0 Å². The highest BCUT2D eigenvalue weighted by Crippen LogP contribution is 2.22. The maximum Gasteiger partial charge on any atom is 0.293 e. The first kappa shape index (κ1) is 16.5. The highest BCUT2D eigenvalue weighted by Gasteiger charge is 2.26. The van der Waals surface area contributed by atoms with Crippen LogP contribution >= 0.6 is 0 Å². The largest absolute Gasteiger partial charge is 0.393 e. The molecule has 1 fully saturated rings. The predicted molar refractivity (Wildman–Crippen MR) is 97.9 cm³/mol. The van der Waals surface area contributed by atoms with Crippen LogP contribution in [0, 0.1) is 0 Å². The molecule has 2 aromatic carbocycles. The number of aliphatic hydroxyl groups is 1. The van der Waals surface area contributed by atoms with E-state index in [-0.39, 0.29) is 17.8 Å². The number of hydrogen-bond acceptors (Lipinski definition) is 4. The van der Waals surface area contributed by atoms with Crippen LogP contribution in [0.15, 0.2) is 60.7 Å². The summed E-state index contributed by atoms with van der Waals surface area (Å²) in [5.74, 6) is 0.630. The van der Waals surface area contributed by atoms with E-state index in [1.807, 2.05) is 60.7 Å². The Hall–Kier alpha value is -2.99. The van der Waals surface area contributed by atoms with Crippen LogP contribution in [0.2, 0.25) is 0 Å². The fraction of sp³-hybridized carbons (Fsp3) is 0.250. The summed E-state index contributed by atoms with van der Waals surface area (Å²) in [6.07, 6.45) is 0.863. The molecule has 1 saturated heterocycles. The van der Waals surface area contributed by atoms with Crippen molar-refractivity contribution in [2.24, 2.45) is 0 Å². The van der Waals surface area contributed by atoms with E-state index in [1.54, 1.807) is 9.58 Å². The maximum atomic E-state index is 12.8. The van der Waals surface area contributed by atoms with Gasteiger partial charge in [-0.3, -0.25) is 4.79 Å². The number of aromatic nitrogens is 3. The molecule has 4 rings (SSSR count). The second-order valence-corrected chi connectivity index (χ2v) is 6.40. The first-order valence-corrected chi connectivity index (χ1v) is 8.77. The second-order valence-electron chi connectivity index (χ2n) is 6.40. The van der Waals surface area contributed by atoms with Crippen LogP contribution in [0.3, 0.4) is 0 Å². The molecule has 0 saturated carbocycles. The lowest BCUT2D eigenvalue weighted by Gasteiger charge is -2.28. The summed E-state index contributed by atoms with van der Waals surface area (Å²) >= 11 is 0. The molecular formula is C20H20N4O2. The highest BCUT2D eigenvalue weighted by atomic mass is 16.3. The Morgan fingerprint density at radius 1 is 0.962 bits per heavy atom. The van der Waals surface area contributed by atoms with E-state index in [1.165, 1.54) is 0 Å². The molecule has 26 heavy (non-hydrogen) atoms. The van der Waals surface area contributed by atoms with Crippen molar-refractivity contribution in [3.8, 4) is 17.1 Å². The third-order valence-corrected chi connectivity index (χ3v) is 4.58. The van der Waals surface area contributed by atoms with Crippen molar-refractivity contribution in [1.82, 2.24) is 19.7 Å². The maximum absolute atomic E-state index is 12.8. The van der Waals surface area contributed by atoms with E-state index in [9.17, 15) is 9.90 Å². The van der Waals surface area contributed by atoms with E-state index in [4.69, 9.17) is 0 Å². The van der Waals surface area contributed by atoms with Gasteiger partial charge >= 0.3 is 0 Å². The molecular weight excluding hydrogens is 328 g/mol. The van der Waals surface area contributed by atoms with Crippen molar-refractivity contribution >= 4 is 5.91 Å². The van der Waals surface area contributed by atoms with Gasteiger partial charge in [-0.25, -0.2) is 9.67 Å². The molecule has 0 spiro atoms. The number of hydrogen-bond donors (Lipinski definition) is 1. The summed E-state index contributed by atoms with van der Waals surface area (Å²) in [6.45, 7) is 1.06. The van der Waals surface area contributed by atoms with Gasteiger partial charge in [-0.05, 0) is 25.0 Å². The minimum absolute atomic E-state index is 0.184. The molecule has 6 nitrogen and oxygen atoms in total. The van der Waals surface area contributed by atoms with E-state index in [0.29, 0.717) is 31.8 Å². The van der Waals surface area contributed by atoms with Crippen molar-refractivity contribution in [3.05, 3.63) is 66.5 Å². The number of para-hydroxylation sites is 1. The van der Waals surface area contributed by atoms with E-state index < -0.39 is 0 Å². The summed E-state index contributed by atoms with van der Waals surface area (Å²) in [4.78, 5) is 19.1. The van der Waals surface area contributed by atoms with Gasteiger partial charge in [0.05, 0.1) is 11.8 Å². The molecule has 0 unspecified atom stereocenters. The van der Waals surface area contributed by atoms with Crippen LogP contribution in [0.5, 0.6) is 0 Å². The smallest absolute Gasteiger partial charge is 0.293 e. The number of nitrogens with zero attached hydrogens (tertiary/aromatic N) is 4. The van der Waals surface area contributed by atoms with Gasteiger partial charge in [0, 0.05) is 18.7 Å². The zero-order valence-corrected chi connectivity index (χ0v) is 14.3. The van der Waals surface area contributed by atoms with E-state index in [2.05, 4.69) is 10.1 Å². The number of likely N-dealkylation sites (tertiary alicyclic amines) is 1. The standard InChI is InChI=1S/C20H20N4O2/c25-17-11-13-23(14-12-17)20(26)18-21-19(15-7-3-1-4-8-15)24(22-18)16-9-5-2-6-10-16/h1-10,17,25H,11-14H2. The predicted octanol–water partition coefficient (Wildman–Crippen LogP) is 2.53. The fourth-order valence-electron chi connectivity index (χ4n) is 3.14. The number of benzene rings is 2. The Bertz CT molecular complexity index is 828. The van der Waals surface area contributed by atoms with Gasteiger partial charge < -0.3 is 10.0 Å². The number of carbonyl (C=O) groups excluding carboxylic acids is 1. The van der Waals surface area contributed by atoms with Gasteiger partial charge in [-0.2, -0.15) is 0 Å². The van der Waals surface area contributed by atoms with Gasteiger partial charge in [-0.1, -0.05) is 48.5 Å². The monoisotopic (exact) mass is 348 g/mol. The molecule has 132 valence electrons. The molecule has 2 heterocycles. The fourth-order valence-corrected chi connectivity index (χ4v) is 3.14. The Kier molecular flexibility index (Phi) is 4.50. The summed E-state index contributed by atoms with van der Waals surface area (Å²) in [6, 6.07) is 19.4. The van der Waals surface area contributed by atoms with Crippen LogP contribution in [0.25, 0.3) is 17.1 Å². The molecule has 1 aliphatic rings. The Morgan fingerprint density at radius 2 is 1.58 bits per heavy atom. The van der Waals surface area contributed by atoms with Crippen LogP contribution in [-0.4, -0.2) is 49.9 Å². The number of piperidine rings is 1. The lowest BCUT2D eigenvalue weighted by atomic mass is 10.1. The SMILES string of the molecule is O=C(c1nc(-c2ccccc2)n(-c2ccccc2)n1)N1CCC(O)CC1.